The Balaban J connectivity index is 0.000000144. The molecule has 6 atom stereocenters. The Hall–Kier alpha value is -12.8. The third kappa shape index (κ3) is 15.4. The summed E-state index contributed by atoms with van der Waals surface area (Å²) in [7, 11) is 0. The number of pyridine rings is 3. The highest BCUT2D eigenvalue weighted by Crippen LogP contribution is 2.60. The quantitative estimate of drug-likeness (QED) is 0.0771. The molecule has 9 heterocycles. The summed E-state index contributed by atoms with van der Waals surface area (Å²) in [5.74, 6) is -10.5. The van der Waals surface area contributed by atoms with Gasteiger partial charge in [0.1, 0.15) is 95.2 Å². The van der Waals surface area contributed by atoms with Crippen molar-refractivity contribution < 1.29 is 83.4 Å². The van der Waals surface area contributed by atoms with E-state index in [1.165, 1.54) is 66.8 Å². The molecule has 0 spiro atoms. The number of piperazine rings is 3. The number of carbonyl (C=O) groups excluding carboxylic acids is 3. The van der Waals surface area contributed by atoms with E-state index < -0.39 is 103 Å². The molecular weight excluding hydrogens is 1790 g/mol. The second kappa shape index (κ2) is 36.0. The van der Waals surface area contributed by atoms with Crippen LogP contribution < -0.4 is 28.9 Å². The van der Waals surface area contributed by atoms with Gasteiger partial charge in [0.25, 0.3) is 0 Å². The van der Waals surface area contributed by atoms with Crippen molar-refractivity contribution in [2.45, 2.75) is 144 Å². The van der Waals surface area contributed by atoms with Crippen molar-refractivity contribution in [1.29, 1.82) is 0 Å². The largest absolute Gasteiger partial charge is 0.507 e. The summed E-state index contributed by atoms with van der Waals surface area (Å²) in [5.41, 5.74) is 5.80. The van der Waals surface area contributed by atoms with Gasteiger partial charge in [-0.3, -0.25) is 29.3 Å². The number of amides is 3. The van der Waals surface area contributed by atoms with Crippen LogP contribution in [0.4, 0.5) is 56.6 Å². The summed E-state index contributed by atoms with van der Waals surface area (Å²) in [6, 6.07) is 17.9. The summed E-state index contributed by atoms with van der Waals surface area (Å²) < 4.78 is 165. The zero-order valence-electron chi connectivity index (χ0n) is 74.8. The number of aromatic nitrogens is 3. The minimum absolute atomic E-state index is 0.0319. The Labute approximate surface area is 771 Å². The van der Waals surface area contributed by atoms with Crippen LogP contribution in [0.25, 0.3) is 99.1 Å². The number of benzene rings is 9. The van der Waals surface area contributed by atoms with Crippen molar-refractivity contribution in [3.05, 3.63) is 249 Å². The molecule has 9 aromatic carbocycles. The molecule has 3 amide bonds. The van der Waals surface area contributed by atoms with Crippen LogP contribution >= 0.6 is 27.5 Å². The van der Waals surface area contributed by atoms with Gasteiger partial charge in [-0.2, -0.15) is 0 Å². The molecule has 0 radical (unpaired) electrons. The highest BCUT2D eigenvalue weighted by molar-refractivity contribution is 9.10. The van der Waals surface area contributed by atoms with Gasteiger partial charge in [-0.15, -0.1) is 0 Å². The lowest BCUT2D eigenvalue weighted by atomic mass is 9.84. The molecule has 6 aliphatic heterocycles. The maximum Gasteiger partial charge on any atom is 0.246 e. The minimum atomic E-state index is -1.08. The van der Waals surface area contributed by atoms with E-state index in [9.17, 15) is 29.7 Å². The normalized spacial score (nSPS) is 17.8. The van der Waals surface area contributed by atoms with E-state index in [4.69, 9.17) is 25.8 Å². The number of carbonyl (C=O) groups is 3. The highest BCUT2D eigenvalue weighted by atomic mass is 79.9. The van der Waals surface area contributed by atoms with Gasteiger partial charge in [-0.05, 0) is 190 Å². The van der Waals surface area contributed by atoms with Crippen LogP contribution in [0.15, 0.2) is 152 Å². The van der Waals surface area contributed by atoms with Gasteiger partial charge < -0.3 is 58.9 Å². The maximum absolute atomic E-state index is 17.2. The van der Waals surface area contributed by atoms with Gasteiger partial charge in [0.05, 0.1) is 95.1 Å². The third-order valence-corrected chi connectivity index (χ3v) is 27.2. The Bertz CT molecular complexity index is 6160. The number of aryl methyl sites for hydroxylation is 3. The first kappa shape index (κ1) is 92.5. The van der Waals surface area contributed by atoms with Crippen LogP contribution in [0, 0.1) is 80.0 Å². The number of fused-ring (bicyclic) bond motifs is 15. The molecule has 29 heteroatoms. The number of hydrogen-bond acceptors (Lipinski definition) is 15. The molecule has 0 bridgehead atoms. The lowest BCUT2D eigenvalue weighted by Crippen LogP contribution is -2.61. The van der Waals surface area contributed by atoms with Gasteiger partial charge >= 0.3 is 0 Å². The SMILES string of the molecule is C=CC(=O)N1CC2COc3c(Br)c(-c4c(C)ccnc4C(C)C)c4c(F)c(-c5c(O)cccc5F)c(F)cc4c3N2CC1C.C=CC(=O)N1CC2COc3c(C)c(-c4c(C)ccnc4C(C)C)c4c(F)c(-c5c(O)cccc5F)c(F)cc4c3N2CC1C.C=CC(=O)N1CC2COc3c(Cl)c(-c4c(C)ccnc4C(C)C)c4c(F)c(-c5c(O)cccc5F)c(F)cc4c3N2CC1C. The number of aromatic hydroxyl groups is 3. The molecule has 18 nitrogen and oxygen atoms in total. The molecule has 0 saturated carbocycles. The van der Waals surface area contributed by atoms with Gasteiger partial charge in [-0.25, -0.2) is 39.5 Å². The lowest BCUT2D eigenvalue weighted by Gasteiger charge is -2.49. The predicted octanol–water partition coefficient (Wildman–Crippen LogP) is 23.0. The second-order valence-electron chi connectivity index (χ2n) is 35.3. The highest BCUT2D eigenvalue weighted by Gasteiger charge is 2.47. The number of phenolic OH excluding ortho intramolecular Hbond substituents is 3. The third-order valence-electron chi connectivity index (χ3n) is 26.1. The van der Waals surface area contributed by atoms with Crippen molar-refractivity contribution in [3.63, 3.8) is 0 Å². The number of nitrogens with zero attached hydrogens (tertiary/aromatic N) is 9. The minimum Gasteiger partial charge on any atom is -0.507 e. The molecule has 0 aliphatic carbocycles. The molecule has 132 heavy (non-hydrogen) atoms. The number of rotatable bonds is 12. The van der Waals surface area contributed by atoms with Crippen LogP contribution in [-0.2, 0) is 14.4 Å². The smallest absolute Gasteiger partial charge is 0.246 e. The van der Waals surface area contributed by atoms with Crippen LogP contribution in [-0.4, -0.2) is 158 Å². The van der Waals surface area contributed by atoms with E-state index >= 15 is 39.5 Å². The molecule has 3 N–H and O–H groups in total. The average molecular weight is 1890 g/mol. The molecule has 3 fully saturated rings. The fraction of sp³-hybridized carbons (Fsp3) is 0.301. The van der Waals surface area contributed by atoms with E-state index in [0.29, 0.717) is 117 Å². The molecule has 12 aromatic rings. The van der Waals surface area contributed by atoms with E-state index in [2.05, 4.69) is 55.5 Å². The van der Waals surface area contributed by atoms with Crippen molar-refractivity contribution >= 4 is 94.6 Å². The topological polar surface area (TPSA) is 198 Å². The number of hydrogen-bond donors (Lipinski definition) is 3. The molecule has 6 aliphatic rings. The summed E-state index contributed by atoms with van der Waals surface area (Å²) >= 11 is 10.9. The maximum atomic E-state index is 17.2. The first-order valence-electron chi connectivity index (χ1n) is 43.5. The Morgan fingerprint density at radius 2 is 0.705 bits per heavy atom. The van der Waals surface area contributed by atoms with Crippen LogP contribution in [0.2, 0.25) is 5.02 Å². The average Bonchev–Trinajstić information content (AvgIpc) is 0.714. The number of ether oxygens (including phenoxy) is 3. The van der Waals surface area contributed by atoms with Gasteiger partial charge in [0.2, 0.25) is 17.7 Å². The van der Waals surface area contributed by atoms with E-state index in [0.717, 1.165) is 46.6 Å². The predicted molar refractivity (Wildman–Crippen MR) is 500 cm³/mol. The first-order chi connectivity index (χ1) is 62.9. The fourth-order valence-electron chi connectivity index (χ4n) is 19.9. The molecule has 6 unspecified atom stereocenters. The van der Waals surface area contributed by atoms with Crippen LogP contribution in [0.3, 0.4) is 0 Å². The number of halogens is 11. The Morgan fingerprint density at radius 1 is 0.409 bits per heavy atom. The molecule has 684 valence electrons. The van der Waals surface area contributed by atoms with Crippen LogP contribution in [0.1, 0.15) is 119 Å². The second-order valence-corrected chi connectivity index (χ2v) is 36.5. The summed E-state index contributed by atoms with van der Waals surface area (Å²) in [6.45, 7) is 38.7. The van der Waals surface area contributed by atoms with E-state index in [-0.39, 0.29) is 140 Å². The van der Waals surface area contributed by atoms with Crippen molar-refractivity contribution in [1.82, 2.24) is 29.7 Å². The number of phenols is 3. The Morgan fingerprint density at radius 3 is 1.04 bits per heavy atom. The monoisotopic (exact) mass is 1890 g/mol. The van der Waals surface area contributed by atoms with Gasteiger partial charge in [-0.1, -0.05) is 91.1 Å². The summed E-state index contributed by atoms with van der Waals surface area (Å²) in [4.78, 5) is 62.8. The molecule has 3 saturated heterocycles. The number of anilines is 3. The zero-order valence-corrected chi connectivity index (χ0v) is 77.1. The van der Waals surface area contributed by atoms with Gasteiger partial charge in [0, 0.05) is 147 Å². The van der Waals surface area contributed by atoms with E-state index in [1.54, 1.807) is 39.4 Å². The standard InChI is InChI=1S/C35H34F3N3O3.C34H31BrF3N3O3.C34H31ClF3N3O3/c1-7-26(43)40-15-21-16-44-35-20(6)28(27-18(4)11-12-39-33(27)17(2)3)29-22(34(35)41(21)14-19(40)5)13-24(37)31(32(29)38)30-23(36)9-8-10-25(30)42;2*1-6-24(43)40-14-19-15-44-34-30(35)29(25-17(4)10-11-39-32(25)16(2)3)26-20(33(34)41(19)13-18(40)5)12-22(37)28(31(26)38)27-21(36)8-7-9-23(27)42/h7-13,17,19,21,42H,1,14-16H2,2-6H3;2*6-12,16,18-19,42H,1,13-15H2,2-5H3. The zero-order chi connectivity index (χ0) is 94.8. The summed E-state index contributed by atoms with van der Waals surface area (Å²) in [6.07, 6.45) is 8.87. The van der Waals surface area contributed by atoms with Crippen molar-refractivity contribution in [2.24, 2.45) is 0 Å². The van der Waals surface area contributed by atoms with Crippen molar-refractivity contribution in [2.75, 3.05) is 73.8 Å². The van der Waals surface area contributed by atoms with E-state index in [1.807, 2.05) is 112 Å². The van der Waals surface area contributed by atoms with Crippen LogP contribution in [0.5, 0.6) is 34.5 Å². The molecule has 3 aromatic heterocycles. The molecule has 18 rings (SSSR count). The molecular formula is C103H96BrClF9N9O9. The fourth-order valence-corrected chi connectivity index (χ4v) is 20.9. The lowest BCUT2D eigenvalue weighted by molar-refractivity contribution is -0.130. The summed E-state index contributed by atoms with van der Waals surface area (Å²) in [5, 5.41) is 32.5. The first-order valence-corrected chi connectivity index (χ1v) is 44.7. The van der Waals surface area contributed by atoms with Crippen molar-refractivity contribution in [3.8, 4) is 101 Å². The Kier molecular flexibility index (Phi) is 25.2. The van der Waals surface area contributed by atoms with Gasteiger partial charge in [0.15, 0.2) is 11.5 Å².